The van der Waals surface area contributed by atoms with Crippen LogP contribution in [0.1, 0.15) is 36.1 Å². The number of hydrogen-bond acceptors (Lipinski definition) is 7. The fourth-order valence-corrected chi connectivity index (χ4v) is 3.46. The second-order valence-electron chi connectivity index (χ2n) is 7.35. The fraction of sp³-hybridized carbons (Fsp3) is 0.238. The highest BCUT2D eigenvalue weighted by molar-refractivity contribution is 7.99. The van der Waals surface area contributed by atoms with Crippen molar-refractivity contribution in [2.75, 3.05) is 11.1 Å². The average Bonchev–Trinajstić information content (AvgIpc) is 3.26. The van der Waals surface area contributed by atoms with E-state index in [1.807, 2.05) is 13.8 Å². The van der Waals surface area contributed by atoms with E-state index in [-0.39, 0.29) is 28.8 Å². The molecule has 0 saturated heterocycles. The van der Waals surface area contributed by atoms with Crippen molar-refractivity contribution < 1.29 is 18.9 Å². The first-order valence-electron chi connectivity index (χ1n) is 9.88. The maximum Gasteiger partial charge on any atom is 0.270 e. The van der Waals surface area contributed by atoms with E-state index in [1.54, 1.807) is 0 Å². The van der Waals surface area contributed by atoms with Gasteiger partial charge in [0, 0.05) is 23.4 Å². The van der Waals surface area contributed by atoms with Crippen LogP contribution in [0.3, 0.4) is 0 Å². The minimum Gasteiger partial charge on any atom is -0.342 e. The highest BCUT2D eigenvalue weighted by Gasteiger charge is 2.24. The number of hydrogen-bond donors (Lipinski definition) is 3. The summed E-state index contributed by atoms with van der Waals surface area (Å²) in [7, 11) is 0. The number of carbonyl (C=O) groups excluding carboxylic acids is 2. The number of nitro benzene ring substituents is 1. The second kappa shape index (κ2) is 10.7. The molecule has 3 rings (SSSR count). The van der Waals surface area contributed by atoms with Gasteiger partial charge in [-0.3, -0.25) is 24.8 Å². The monoisotopic (exact) mass is 472 g/mol. The van der Waals surface area contributed by atoms with Crippen molar-refractivity contribution in [2.45, 2.75) is 25.0 Å². The number of nitrogens with one attached hydrogen (secondary N) is 3. The first-order valence-corrected chi connectivity index (χ1v) is 10.9. The zero-order valence-electron chi connectivity index (χ0n) is 17.7. The van der Waals surface area contributed by atoms with E-state index in [4.69, 9.17) is 0 Å². The molecule has 1 aromatic heterocycles. The molecule has 2 aromatic carbocycles. The number of nitro groups is 1. The van der Waals surface area contributed by atoms with E-state index in [0.717, 1.165) is 11.8 Å². The lowest BCUT2D eigenvalue weighted by molar-refractivity contribution is -0.384. The molecule has 0 bridgehead atoms. The molecular formula is C21H21FN6O4S. The van der Waals surface area contributed by atoms with Gasteiger partial charge in [-0.15, -0.1) is 5.10 Å². The number of nitrogens with zero attached hydrogens (tertiary/aromatic N) is 3. The molecule has 3 N–H and O–H groups in total. The van der Waals surface area contributed by atoms with Crippen LogP contribution in [0, 0.1) is 21.8 Å². The van der Waals surface area contributed by atoms with Crippen molar-refractivity contribution in [1.29, 1.82) is 0 Å². The first kappa shape index (κ1) is 23.9. The van der Waals surface area contributed by atoms with Gasteiger partial charge in [-0.05, 0) is 36.2 Å². The van der Waals surface area contributed by atoms with Crippen LogP contribution < -0.4 is 10.6 Å². The molecule has 0 radical (unpaired) electrons. The number of thioether (sulfide) groups is 1. The van der Waals surface area contributed by atoms with Gasteiger partial charge in [0.25, 0.3) is 11.6 Å². The molecule has 0 aliphatic rings. The van der Waals surface area contributed by atoms with Crippen LogP contribution >= 0.6 is 11.8 Å². The van der Waals surface area contributed by atoms with E-state index in [0.29, 0.717) is 16.7 Å². The van der Waals surface area contributed by atoms with Crippen molar-refractivity contribution >= 4 is 35.0 Å². The number of aromatic nitrogens is 3. The number of amides is 2. The molecule has 2 amide bonds. The molecule has 10 nitrogen and oxygen atoms in total. The quantitative estimate of drug-likeness (QED) is 0.245. The van der Waals surface area contributed by atoms with Crippen LogP contribution in [0.25, 0.3) is 0 Å². The van der Waals surface area contributed by atoms with Gasteiger partial charge in [-0.1, -0.05) is 31.7 Å². The van der Waals surface area contributed by atoms with Crippen LogP contribution in [0.5, 0.6) is 0 Å². The fourth-order valence-electron chi connectivity index (χ4n) is 2.86. The summed E-state index contributed by atoms with van der Waals surface area (Å²) in [5.74, 6) is -0.835. The summed E-state index contributed by atoms with van der Waals surface area (Å²) in [6.07, 6.45) is 0. The third-order valence-electron chi connectivity index (χ3n) is 4.51. The molecule has 0 fully saturated rings. The van der Waals surface area contributed by atoms with Gasteiger partial charge in [0.2, 0.25) is 11.1 Å². The van der Waals surface area contributed by atoms with Crippen LogP contribution in [-0.4, -0.2) is 37.7 Å². The van der Waals surface area contributed by atoms with E-state index < -0.39 is 22.7 Å². The zero-order chi connectivity index (χ0) is 24.0. The molecule has 12 heteroatoms. The summed E-state index contributed by atoms with van der Waals surface area (Å²) in [6.45, 7) is 3.76. The smallest absolute Gasteiger partial charge is 0.270 e. The molecule has 1 atom stereocenters. The normalized spacial score (nSPS) is 11.8. The van der Waals surface area contributed by atoms with Crippen LogP contribution in [-0.2, 0) is 4.79 Å². The summed E-state index contributed by atoms with van der Waals surface area (Å²) >= 11 is 1.09. The van der Waals surface area contributed by atoms with Gasteiger partial charge in [0.1, 0.15) is 11.6 Å². The minimum absolute atomic E-state index is 0.0288. The highest BCUT2D eigenvalue weighted by atomic mass is 32.2. The summed E-state index contributed by atoms with van der Waals surface area (Å²) in [4.78, 5) is 39.5. The topological polar surface area (TPSA) is 143 Å². The van der Waals surface area contributed by atoms with Crippen molar-refractivity contribution in [1.82, 2.24) is 20.5 Å². The molecule has 1 heterocycles. The maximum absolute atomic E-state index is 13.0. The predicted molar refractivity (Wildman–Crippen MR) is 120 cm³/mol. The van der Waals surface area contributed by atoms with Crippen molar-refractivity contribution in [2.24, 2.45) is 5.92 Å². The molecule has 3 aromatic rings. The standard InChI is InChI=1S/C21H21FN6O4S/c1-12(2)18(24-20(30)13-4-3-5-16(10-13)28(31)32)19-25-21(27-26-19)33-11-17(29)23-15-8-6-14(22)7-9-15/h3-10,12,18H,11H2,1-2H3,(H,23,29)(H,24,30)(H,25,26,27)/t18-/m1/s1. The number of aromatic amines is 1. The van der Waals surface area contributed by atoms with Crippen molar-refractivity contribution in [3.05, 3.63) is 75.9 Å². The third kappa shape index (κ3) is 6.59. The van der Waals surface area contributed by atoms with Gasteiger partial charge in [0.05, 0.1) is 16.7 Å². The number of benzene rings is 2. The third-order valence-corrected chi connectivity index (χ3v) is 5.36. The van der Waals surface area contributed by atoms with Gasteiger partial charge < -0.3 is 10.6 Å². The van der Waals surface area contributed by atoms with Crippen LogP contribution in [0.4, 0.5) is 15.8 Å². The zero-order valence-corrected chi connectivity index (χ0v) is 18.6. The van der Waals surface area contributed by atoms with E-state index in [2.05, 4.69) is 25.8 Å². The Bertz CT molecular complexity index is 1150. The van der Waals surface area contributed by atoms with Crippen molar-refractivity contribution in [3.63, 3.8) is 0 Å². The molecule has 0 saturated carbocycles. The maximum atomic E-state index is 13.0. The molecule has 0 unspecified atom stereocenters. The largest absolute Gasteiger partial charge is 0.342 e. The molecule has 0 aliphatic carbocycles. The Kier molecular flexibility index (Phi) is 7.72. The van der Waals surface area contributed by atoms with Gasteiger partial charge in [-0.2, -0.15) is 0 Å². The molecule has 0 aliphatic heterocycles. The van der Waals surface area contributed by atoms with Gasteiger partial charge in [-0.25, -0.2) is 9.37 Å². The average molecular weight is 473 g/mol. The lowest BCUT2D eigenvalue weighted by Gasteiger charge is -2.19. The number of non-ortho nitro benzene ring substituents is 1. The SMILES string of the molecule is CC(C)[C@@H](NC(=O)c1cccc([N+](=O)[O-])c1)c1nc(SCC(=O)Nc2ccc(F)cc2)n[nH]1. The van der Waals surface area contributed by atoms with Crippen LogP contribution in [0.2, 0.25) is 0 Å². The summed E-state index contributed by atoms with van der Waals surface area (Å²) in [5.41, 5.74) is 0.448. The van der Waals surface area contributed by atoms with E-state index in [9.17, 15) is 24.1 Å². The van der Waals surface area contributed by atoms with E-state index >= 15 is 0 Å². The summed E-state index contributed by atoms with van der Waals surface area (Å²) in [5, 5.41) is 23.6. The summed E-state index contributed by atoms with van der Waals surface area (Å²) in [6, 6.07) is 10.3. The Hall–Kier alpha value is -3.80. The Balaban J connectivity index is 1.61. The van der Waals surface area contributed by atoms with Crippen LogP contribution in [0.15, 0.2) is 53.7 Å². The first-order chi connectivity index (χ1) is 15.7. The Morgan fingerprint density at radius 2 is 1.94 bits per heavy atom. The van der Waals surface area contributed by atoms with Gasteiger partial charge >= 0.3 is 0 Å². The molecular weight excluding hydrogens is 451 g/mol. The van der Waals surface area contributed by atoms with Crippen molar-refractivity contribution in [3.8, 4) is 0 Å². The number of rotatable bonds is 9. The lowest BCUT2D eigenvalue weighted by atomic mass is 10.0. The second-order valence-corrected chi connectivity index (χ2v) is 8.29. The van der Waals surface area contributed by atoms with E-state index in [1.165, 1.54) is 48.5 Å². The van der Waals surface area contributed by atoms with Gasteiger partial charge in [0.15, 0.2) is 0 Å². The lowest BCUT2D eigenvalue weighted by Crippen LogP contribution is -2.32. The summed E-state index contributed by atoms with van der Waals surface area (Å²) < 4.78 is 13.0. The predicted octanol–water partition coefficient (Wildman–Crippen LogP) is 3.71. The minimum atomic E-state index is -0.567. The highest BCUT2D eigenvalue weighted by Crippen LogP contribution is 2.22. The Morgan fingerprint density at radius 1 is 1.21 bits per heavy atom. The number of carbonyl (C=O) groups is 2. The number of H-pyrrole nitrogens is 1. The molecule has 0 spiro atoms. The number of halogens is 1. The molecule has 33 heavy (non-hydrogen) atoms. The molecule has 172 valence electrons. The Labute approximate surface area is 192 Å². The Morgan fingerprint density at radius 3 is 2.61 bits per heavy atom. The number of anilines is 1.